The first kappa shape index (κ1) is 15.6. The van der Waals surface area contributed by atoms with Crippen LogP contribution < -0.4 is 10.5 Å². The van der Waals surface area contributed by atoms with Gasteiger partial charge >= 0.3 is 0 Å². The average Bonchev–Trinajstić information content (AvgIpc) is 2.97. The van der Waals surface area contributed by atoms with Crippen LogP contribution >= 0.6 is 0 Å². The molecule has 4 nitrogen and oxygen atoms in total. The van der Waals surface area contributed by atoms with E-state index in [4.69, 9.17) is 10.5 Å². The van der Waals surface area contributed by atoms with Crippen LogP contribution in [0.4, 0.5) is 0 Å². The highest BCUT2D eigenvalue weighted by molar-refractivity contribution is 5.95. The van der Waals surface area contributed by atoms with Crippen LogP contribution in [0, 0.1) is 0 Å². The largest absolute Gasteiger partial charge is 0.494 e. The minimum Gasteiger partial charge on any atom is -0.494 e. The van der Waals surface area contributed by atoms with Crippen molar-refractivity contribution < 1.29 is 9.53 Å². The smallest absolute Gasteiger partial charge is 0.254 e. The average molecular weight is 310 g/mol. The second-order valence-electron chi connectivity index (χ2n) is 5.85. The SMILES string of the molecule is CCOc1cccc(C(=O)N2C[C@@H](N)[C@H](c3ccccc3)C2)c1. The number of nitrogens with two attached hydrogens (primary N) is 1. The number of nitrogens with zero attached hydrogens (tertiary/aromatic N) is 1. The Hall–Kier alpha value is -2.33. The lowest BCUT2D eigenvalue weighted by atomic mass is 9.95. The molecule has 1 saturated heterocycles. The van der Waals surface area contributed by atoms with E-state index in [-0.39, 0.29) is 17.9 Å². The van der Waals surface area contributed by atoms with E-state index in [1.165, 1.54) is 5.56 Å². The Labute approximate surface area is 136 Å². The second kappa shape index (κ2) is 6.84. The van der Waals surface area contributed by atoms with Gasteiger partial charge < -0.3 is 15.4 Å². The van der Waals surface area contributed by atoms with Gasteiger partial charge in [-0.05, 0) is 30.7 Å². The minimum atomic E-state index is -0.0311. The number of amides is 1. The number of likely N-dealkylation sites (tertiary alicyclic amines) is 1. The van der Waals surface area contributed by atoms with E-state index in [1.807, 2.05) is 48.2 Å². The number of benzene rings is 2. The fourth-order valence-electron chi connectivity index (χ4n) is 3.12. The van der Waals surface area contributed by atoms with Gasteiger partial charge in [-0.25, -0.2) is 0 Å². The summed E-state index contributed by atoms with van der Waals surface area (Å²) in [4.78, 5) is 14.6. The molecule has 2 aromatic carbocycles. The van der Waals surface area contributed by atoms with Gasteiger partial charge in [-0.15, -0.1) is 0 Å². The predicted octanol–water partition coefficient (Wildman–Crippen LogP) is 2.65. The molecular formula is C19H22N2O2. The molecule has 1 amide bonds. The van der Waals surface area contributed by atoms with Gasteiger partial charge in [-0.2, -0.15) is 0 Å². The van der Waals surface area contributed by atoms with Gasteiger partial charge in [0.05, 0.1) is 6.61 Å². The van der Waals surface area contributed by atoms with Gasteiger partial charge in [0.25, 0.3) is 5.91 Å². The molecule has 0 spiro atoms. The van der Waals surface area contributed by atoms with Crippen molar-refractivity contribution in [3.63, 3.8) is 0 Å². The minimum absolute atomic E-state index is 0.0143. The number of carbonyl (C=O) groups excluding carboxylic acids is 1. The monoisotopic (exact) mass is 310 g/mol. The Morgan fingerprint density at radius 3 is 2.70 bits per heavy atom. The number of hydrogen-bond acceptors (Lipinski definition) is 3. The lowest BCUT2D eigenvalue weighted by Gasteiger charge is -2.17. The van der Waals surface area contributed by atoms with Crippen LogP contribution in [0.2, 0.25) is 0 Å². The van der Waals surface area contributed by atoms with Crippen molar-refractivity contribution >= 4 is 5.91 Å². The number of carbonyl (C=O) groups is 1. The maximum Gasteiger partial charge on any atom is 0.254 e. The van der Waals surface area contributed by atoms with Gasteiger partial charge in [0.1, 0.15) is 5.75 Å². The van der Waals surface area contributed by atoms with E-state index >= 15 is 0 Å². The number of hydrogen-bond donors (Lipinski definition) is 1. The quantitative estimate of drug-likeness (QED) is 0.944. The molecule has 1 fully saturated rings. The molecule has 1 heterocycles. The number of rotatable bonds is 4. The molecule has 2 atom stereocenters. The summed E-state index contributed by atoms with van der Waals surface area (Å²) in [6.07, 6.45) is 0. The van der Waals surface area contributed by atoms with Crippen molar-refractivity contribution in [1.29, 1.82) is 0 Å². The fraction of sp³-hybridized carbons (Fsp3) is 0.316. The van der Waals surface area contributed by atoms with Crippen molar-refractivity contribution in [3.05, 3.63) is 65.7 Å². The first-order valence-electron chi connectivity index (χ1n) is 8.01. The summed E-state index contributed by atoms with van der Waals surface area (Å²) in [6.45, 7) is 3.75. The van der Waals surface area contributed by atoms with Crippen LogP contribution in [0.25, 0.3) is 0 Å². The highest BCUT2D eigenvalue weighted by Crippen LogP contribution is 2.27. The van der Waals surface area contributed by atoms with Crippen molar-refractivity contribution in [3.8, 4) is 5.75 Å². The maximum atomic E-state index is 12.7. The van der Waals surface area contributed by atoms with Gasteiger partial charge in [-0.3, -0.25) is 4.79 Å². The van der Waals surface area contributed by atoms with Crippen LogP contribution in [0.15, 0.2) is 54.6 Å². The van der Waals surface area contributed by atoms with Crippen LogP contribution in [-0.4, -0.2) is 36.5 Å². The summed E-state index contributed by atoms with van der Waals surface area (Å²) in [6, 6.07) is 17.5. The van der Waals surface area contributed by atoms with Crippen LogP contribution in [0.1, 0.15) is 28.8 Å². The Morgan fingerprint density at radius 2 is 1.96 bits per heavy atom. The van der Waals surface area contributed by atoms with E-state index in [9.17, 15) is 4.79 Å². The van der Waals surface area contributed by atoms with E-state index in [0.29, 0.717) is 25.3 Å². The zero-order chi connectivity index (χ0) is 16.2. The number of ether oxygens (including phenoxy) is 1. The molecule has 0 aliphatic carbocycles. The molecule has 2 aromatic rings. The van der Waals surface area contributed by atoms with E-state index in [2.05, 4.69) is 12.1 Å². The molecule has 2 N–H and O–H groups in total. The summed E-state index contributed by atoms with van der Waals surface area (Å²) in [5.41, 5.74) is 8.12. The summed E-state index contributed by atoms with van der Waals surface area (Å²) in [7, 11) is 0. The van der Waals surface area contributed by atoms with Crippen LogP contribution in [-0.2, 0) is 0 Å². The lowest BCUT2D eigenvalue weighted by Crippen LogP contribution is -2.32. The predicted molar refractivity (Wildman–Crippen MR) is 90.7 cm³/mol. The van der Waals surface area contributed by atoms with Crippen molar-refractivity contribution in [2.24, 2.45) is 5.73 Å². The molecule has 0 bridgehead atoms. The standard InChI is InChI=1S/C19H22N2O2/c1-2-23-16-10-6-9-15(11-16)19(22)21-12-17(18(20)13-21)14-7-4-3-5-8-14/h3-11,17-18H,2,12-13,20H2,1H3/t17-,18+/m0/s1. The third-order valence-corrected chi connectivity index (χ3v) is 4.27. The third-order valence-electron chi connectivity index (χ3n) is 4.27. The van der Waals surface area contributed by atoms with Gasteiger partial charge in [0.15, 0.2) is 0 Å². The van der Waals surface area contributed by atoms with E-state index < -0.39 is 0 Å². The van der Waals surface area contributed by atoms with Crippen molar-refractivity contribution in [2.75, 3.05) is 19.7 Å². The molecule has 0 aromatic heterocycles. The molecular weight excluding hydrogens is 288 g/mol. The van der Waals surface area contributed by atoms with E-state index in [1.54, 1.807) is 6.07 Å². The molecule has 0 saturated carbocycles. The van der Waals surface area contributed by atoms with Crippen LogP contribution in [0.3, 0.4) is 0 Å². The molecule has 4 heteroatoms. The van der Waals surface area contributed by atoms with Gasteiger partial charge in [-0.1, -0.05) is 36.4 Å². The van der Waals surface area contributed by atoms with Crippen molar-refractivity contribution in [1.82, 2.24) is 4.90 Å². The second-order valence-corrected chi connectivity index (χ2v) is 5.85. The van der Waals surface area contributed by atoms with Crippen LogP contribution in [0.5, 0.6) is 5.75 Å². The Balaban J connectivity index is 1.75. The zero-order valence-electron chi connectivity index (χ0n) is 13.3. The Morgan fingerprint density at radius 1 is 1.17 bits per heavy atom. The molecule has 0 unspecified atom stereocenters. The summed E-state index contributed by atoms with van der Waals surface area (Å²) in [5.74, 6) is 0.928. The molecule has 1 aliphatic heterocycles. The third kappa shape index (κ3) is 3.37. The Kier molecular flexibility index (Phi) is 4.63. The molecule has 120 valence electrons. The zero-order valence-corrected chi connectivity index (χ0v) is 13.3. The molecule has 1 aliphatic rings. The Bertz CT molecular complexity index is 672. The molecule has 23 heavy (non-hydrogen) atoms. The van der Waals surface area contributed by atoms with E-state index in [0.717, 1.165) is 5.75 Å². The molecule has 3 rings (SSSR count). The molecule has 0 radical (unpaired) electrons. The highest BCUT2D eigenvalue weighted by atomic mass is 16.5. The van der Waals surface area contributed by atoms with Crippen molar-refractivity contribution in [2.45, 2.75) is 18.9 Å². The van der Waals surface area contributed by atoms with Gasteiger partial charge in [0.2, 0.25) is 0 Å². The normalized spacial score (nSPS) is 20.5. The lowest BCUT2D eigenvalue weighted by molar-refractivity contribution is 0.0788. The first-order valence-corrected chi connectivity index (χ1v) is 8.01. The first-order chi connectivity index (χ1) is 11.2. The topological polar surface area (TPSA) is 55.6 Å². The maximum absolute atomic E-state index is 12.7. The highest BCUT2D eigenvalue weighted by Gasteiger charge is 2.34. The summed E-state index contributed by atoms with van der Waals surface area (Å²) >= 11 is 0. The summed E-state index contributed by atoms with van der Waals surface area (Å²) < 4.78 is 5.48. The summed E-state index contributed by atoms with van der Waals surface area (Å²) in [5, 5.41) is 0. The fourth-order valence-corrected chi connectivity index (χ4v) is 3.12. The van der Waals surface area contributed by atoms with Gasteiger partial charge in [0, 0.05) is 30.6 Å².